The minimum Gasteiger partial charge on any atom is -0.497 e. The van der Waals surface area contributed by atoms with Gasteiger partial charge in [-0.05, 0) is 55.0 Å². The lowest BCUT2D eigenvalue weighted by molar-refractivity contribution is -0.140. The molecule has 0 aliphatic carbocycles. The summed E-state index contributed by atoms with van der Waals surface area (Å²) in [6, 6.07) is 11.5. The van der Waals surface area contributed by atoms with E-state index in [4.69, 9.17) is 32.7 Å². The number of ether oxygens (including phenoxy) is 2. The maximum Gasteiger partial charge on any atom is 0.331 e. The summed E-state index contributed by atoms with van der Waals surface area (Å²) >= 11 is 11.8. The zero-order chi connectivity index (χ0) is 18.4. The Labute approximate surface area is 156 Å². The van der Waals surface area contributed by atoms with Gasteiger partial charge in [-0.15, -0.1) is 0 Å². The fourth-order valence-corrected chi connectivity index (χ4v) is 2.52. The van der Waals surface area contributed by atoms with E-state index in [9.17, 15) is 9.59 Å². The van der Waals surface area contributed by atoms with Gasteiger partial charge in [0, 0.05) is 21.7 Å². The minimum atomic E-state index is -0.911. The lowest BCUT2D eigenvalue weighted by Crippen LogP contribution is -2.23. The first kappa shape index (κ1) is 19.0. The Morgan fingerprint density at radius 1 is 1.08 bits per heavy atom. The Hall–Kier alpha value is -2.30. The van der Waals surface area contributed by atoms with Gasteiger partial charge < -0.3 is 9.47 Å². The molecule has 0 radical (unpaired) electrons. The average Bonchev–Trinajstić information content (AvgIpc) is 2.60. The fraction of sp³-hybridized carbons (Fsp3) is 0.158. The van der Waals surface area contributed by atoms with Crippen LogP contribution in [0.2, 0.25) is 10.0 Å². The summed E-state index contributed by atoms with van der Waals surface area (Å²) in [7, 11) is 1.54. The number of hydrogen-bond donors (Lipinski definition) is 0. The number of carbonyl (C=O) groups is 2. The van der Waals surface area contributed by atoms with Crippen LogP contribution in [-0.4, -0.2) is 25.0 Å². The summed E-state index contributed by atoms with van der Waals surface area (Å²) in [4.78, 5) is 24.2. The van der Waals surface area contributed by atoms with E-state index in [1.165, 1.54) is 19.1 Å². The van der Waals surface area contributed by atoms with Gasteiger partial charge in [0.25, 0.3) is 0 Å². The van der Waals surface area contributed by atoms with Crippen molar-refractivity contribution in [1.29, 1.82) is 0 Å². The number of ketones is 1. The van der Waals surface area contributed by atoms with Crippen molar-refractivity contribution in [3.63, 3.8) is 0 Å². The molecular formula is C19H16Cl2O4. The second-order valence-electron chi connectivity index (χ2n) is 5.17. The number of Topliss-reactive ketones (excluding diaryl/α,β-unsaturated/α-hetero) is 1. The highest BCUT2D eigenvalue weighted by atomic mass is 35.5. The van der Waals surface area contributed by atoms with Crippen LogP contribution in [-0.2, 0) is 9.53 Å². The molecule has 130 valence electrons. The third kappa shape index (κ3) is 5.34. The lowest BCUT2D eigenvalue weighted by Gasteiger charge is -2.11. The molecule has 6 heteroatoms. The van der Waals surface area contributed by atoms with Crippen LogP contribution in [0.1, 0.15) is 22.8 Å². The minimum absolute atomic E-state index is 0.297. The highest BCUT2D eigenvalue weighted by molar-refractivity contribution is 6.35. The van der Waals surface area contributed by atoms with Gasteiger partial charge in [0.1, 0.15) is 5.75 Å². The molecule has 0 amide bonds. The number of carbonyl (C=O) groups excluding carboxylic acids is 2. The van der Waals surface area contributed by atoms with Crippen LogP contribution in [0.5, 0.6) is 5.75 Å². The van der Waals surface area contributed by atoms with Gasteiger partial charge in [0.15, 0.2) is 6.10 Å². The van der Waals surface area contributed by atoms with Crippen molar-refractivity contribution in [2.24, 2.45) is 0 Å². The first-order valence-corrected chi connectivity index (χ1v) is 8.18. The molecule has 0 spiro atoms. The fourth-order valence-electron chi connectivity index (χ4n) is 2.05. The van der Waals surface area contributed by atoms with Crippen molar-refractivity contribution in [3.8, 4) is 5.75 Å². The number of halogens is 2. The molecule has 2 rings (SSSR count). The molecule has 0 bridgehead atoms. The third-order valence-electron chi connectivity index (χ3n) is 3.40. The normalized spacial score (nSPS) is 12.0. The van der Waals surface area contributed by atoms with E-state index in [0.29, 0.717) is 26.9 Å². The first-order chi connectivity index (χ1) is 11.9. The molecule has 0 aliphatic heterocycles. The first-order valence-electron chi connectivity index (χ1n) is 7.42. The van der Waals surface area contributed by atoms with Gasteiger partial charge in [-0.2, -0.15) is 0 Å². The van der Waals surface area contributed by atoms with Gasteiger partial charge in [-0.3, -0.25) is 4.79 Å². The summed E-state index contributed by atoms with van der Waals surface area (Å²) < 4.78 is 10.2. The molecule has 0 saturated heterocycles. The van der Waals surface area contributed by atoms with E-state index in [1.807, 2.05) is 0 Å². The van der Waals surface area contributed by atoms with Gasteiger partial charge >= 0.3 is 5.97 Å². The van der Waals surface area contributed by atoms with Crippen molar-refractivity contribution in [2.75, 3.05) is 7.11 Å². The molecule has 4 nitrogen and oxygen atoms in total. The van der Waals surface area contributed by atoms with Gasteiger partial charge in [-0.25, -0.2) is 4.79 Å². The molecule has 25 heavy (non-hydrogen) atoms. The smallest absolute Gasteiger partial charge is 0.331 e. The summed E-state index contributed by atoms with van der Waals surface area (Å²) in [5, 5.41) is 0.919. The molecule has 1 atom stereocenters. The molecule has 0 aromatic heterocycles. The molecule has 0 heterocycles. The number of benzene rings is 2. The Balaban J connectivity index is 1.98. The predicted octanol–water partition coefficient (Wildman–Crippen LogP) is 4.83. The van der Waals surface area contributed by atoms with E-state index < -0.39 is 12.1 Å². The molecule has 0 fully saturated rings. The summed E-state index contributed by atoms with van der Waals surface area (Å²) in [5.74, 6) is -0.293. The predicted molar refractivity (Wildman–Crippen MR) is 98.4 cm³/mol. The van der Waals surface area contributed by atoms with Crippen molar-refractivity contribution in [1.82, 2.24) is 0 Å². The van der Waals surface area contributed by atoms with Crippen LogP contribution >= 0.6 is 23.2 Å². The Morgan fingerprint density at radius 2 is 1.76 bits per heavy atom. The van der Waals surface area contributed by atoms with E-state index in [-0.39, 0.29) is 5.78 Å². The van der Waals surface area contributed by atoms with Crippen molar-refractivity contribution in [2.45, 2.75) is 13.0 Å². The van der Waals surface area contributed by atoms with Crippen molar-refractivity contribution < 1.29 is 19.1 Å². The summed E-state index contributed by atoms with van der Waals surface area (Å²) in [6.07, 6.45) is 1.81. The molecule has 0 N–H and O–H groups in total. The van der Waals surface area contributed by atoms with E-state index in [1.54, 1.807) is 49.6 Å². The summed E-state index contributed by atoms with van der Waals surface area (Å²) in [6.45, 7) is 1.52. The van der Waals surface area contributed by atoms with Crippen LogP contribution in [0, 0.1) is 0 Å². The van der Waals surface area contributed by atoms with Gasteiger partial charge in [0.2, 0.25) is 5.78 Å². The molecule has 0 unspecified atom stereocenters. The zero-order valence-electron chi connectivity index (χ0n) is 13.7. The van der Waals surface area contributed by atoms with Gasteiger partial charge in [0.05, 0.1) is 7.11 Å². The third-order valence-corrected chi connectivity index (χ3v) is 3.96. The van der Waals surface area contributed by atoms with Crippen LogP contribution in [0.25, 0.3) is 6.08 Å². The van der Waals surface area contributed by atoms with E-state index >= 15 is 0 Å². The highest BCUT2D eigenvalue weighted by Crippen LogP contribution is 2.22. The maximum atomic E-state index is 12.3. The molecule has 2 aromatic rings. The Morgan fingerprint density at radius 3 is 2.36 bits per heavy atom. The number of rotatable bonds is 6. The Kier molecular flexibility index (Phi) is 6.62. The molecule has 2 aromatic carbocycles. The Bertz CT molecular complexity index is 798. The van der Waals surface area contributed by atoms with Crippen LogP contribution in [0.3, 0.4) is 0 Å². The molecular weight excluding hydrogens is 363 g/mol. The molecule has 0 saturated carbocycles. The van der Waals surface area contributed by atoms with Crippen molar-refractivity contribution in [3.05, 3.63) is 69.7 Å². The second kappa shape index (κ2) is 8.70. The largest absolute Gasteiger partial charge is 0.497 e. The van der Waals surface area contributed by atoms with E-state index in [2.05, 4.69) is 0 Å². The van der Waals surface area contributed by atoms with E-state index in [0.717, 1.165) is 0 Å². The number of esters is 1. The topological polar surface area (TPSA) is 52.6 Å². The lowest BCUT2D eigenvalue weighted by atomic mass is 10.1. The highest BCUT2D eigenvalue weighted by Gasteiger charge is 2.18. The van der Waals surface area contributed by atoms with Crippen LogP contribution < -0.4 is 4.74 Å². The average molecular weight is 379 g/mol. The SMILES string of the molecule is COc1ccc(C(=O)[C@@H](C)OC(=O)/C=C/c2ccc(Cl)cc2Cl)cc1. The second-order valence-corrected chi connectivity index (χ2v) is 6.01. The maximum absolute atomic E-state index is 12.3. The standard InChI is InChI=1S/C19H16Cl2O4/c1-12(19(23)14-4-8-16(24-2)9-5-14)25-18(22)10-6-13-3-7-15(20)11-17(13)21/h3-12H,1-2H3/b10-6+/t12-/m1/s1. The van der Waals surface area contributed by atoms with Crippen molar-refractivity contribution >= 4 is 41.0 Å². The summed E-state index contributed by atoms with van der Waals surface area (Å²) in [5.41, 5.74) is 1.06. The monoisotopic (exact) mass is 378 g/mol. The van der Waals surface area contributed by atoms with Crippen LogP contribution in [0.15, 0.2) is 48.5 Å². The van der Waals surface area contributed by atoms with Gasteiger partial charge in [-0.1, -0.05) is 29.3 Å². The quantitative estimate of drug-likeness (QED) is 0.410. The molecule has 0 aliphatic rings. The zero-order valence-corrected chi connectivity index (χ0v) is 15.2. The number of hydrogen-bond acceptors (Lipinski definition) is 4. The number of methoxy groups -OCH3 is 1. The van der Waals surface area contributed by atoms with Crippen LogP contribution in [0.4, 0.5) is 0 Å².